The average molecular weight is 828 g/mol. The van der Waals surface area contributed by atoms with Gasteiger partial charge in [0.15, 0.2) is 17.5 Å². The van der Waals surface area contributed by atoms with Gasteiger partial charge >= 0.3 is 0 Å². The molecule has 0 atom stereocenters. The first-order chi connectivity index (χ1) is 32.2. The van der Waals surface area contributed by atoms with Crippen LogP contribution in [0.25, 0.3) is 133 Å². The second-order valence-electron chi connectivity index (χ2n) is 16.7. The third-order valence-corrected chi connectivity index (χ3v) is 12.9. The molecule has 11 aromatic carbocycles. The van der Waals surface area contributed by atoms with Gasteiger partial charge in [0.2, 0.25) is 0 Å². The van der Waals surface area contributed by atoms with Crippen molar-refractivity contribution in [3.8, 4) is 67.5 Å². The van der Waals surface area contributed by atoms with Gasteiger partial charge in [0, 0.05) is 32.8 Å². The fraction of sp³-hybridized carbons (Fsp3) is 0. The predicted molar refractivity (Wildman–Crippen MR) is 270 cm³/mol. The average Bonchev–Trinajstić information content (AvgIpc) is 3.77. The molecule has 0 fully saturated rings. The Bertz CT molecular complexity index is 3880. The van der Waals surface area contributed by atoms with Crippen LogP contribution < -0.4 is 0 Å². The minimum atomic E-state index is 0.640. The molecule has 0 unspecified atom stereocenters. The van der Waals surface area contributed by atoms with E-state index in [1.807, 2.05) is 60.7 Å². The molecule has 4 heteroatoms. The first-order valence-electron chi connectivity index (χ1n) is 22.0. The maximum Gasteiger partial charge on any atom is 0.164 e. The van der Waals surface area contributed by atoms with Gasteiger partial charge < -0.3 is 4.42 Å². The molecule has 0 spiro atoms. The van der Waals surface area contributed by atoms with Crippen molar-refractivity contribution in [3.05, 3.63) is 224 Å². The smallest absolute Gasteiger partial charge is 0.164 e. The van der Waals surface area contributed by atoms with Crippen molar-refractivity contribution in [2.75, 3.05) is 0 Å². The molecule has 4 nitrogen and oxygen atoms in total. The highest BCUT2D eigenvalue weighted by Crippen LogP contribution is 2.42. The Morgan fingerprint density at radius 2 is 0.615 bits per heavy atom. The number of fused-ring (bicyclic) bond motifs is 11. The summed E-state index contributed by atoms with van der Waals surface area (Å²) in [7, 11) is 0. The van der Waals surface area contributed by atoms with Crippen LogP contribution in [-0.2, 0) is 0 Å². The Kier molecular flexibility index (Phi) is 8.50. The molecule has 0 N–H and O–H groups in total. The molecule has 302 valence electrons. The van der Waals surface area contributed by atoms with E-state index in [0.29, 0.717) is 17.5 Å². The van der Waals surface area contributed by atoms with Crippen LogP contribution in [0, 0.1) is 0 Å². The van der Waals surface area contributed by atoms with Gasteiger partial charge in [-0.25, -0.2) is 15.0 Å². The number of rotatable bonds is 6. The predicted octanol–water partition coefficient (Wildman–Crippen LogP) is 16.4. The van der Waals surface area contributed by atoms with E-state index in [9.17, 15) is 0 Å². The highest BCUT2D eigenvalue weighted by Gasteiger charge is 2.17. The van der Waals surface area contributed by atoms with E-state index >= 15 is 0 Å². The van der Waals surface area contributed by atoms with Gasteiger partial charge in [-0.1, -0.05) is 200 Å². The molecule has 2 aromatic heterocycles. The van der Waals surface area contributed by atoms with Gasteiger partial charge in [-0.15, -0.1) is 0 Å². The van der Waals surface area contributed by atoms with E-state index in [-0.39, 0.29) is 0 Å². The van der Waals surface area contributed by atoms with Gasteiger partial charge in [0.25, 0.3) is 0 Å². The van der Waals surface area contributed by atoms with Crippen molar-refractivity contribution in [1.82, 2.24) is 15.0 Å². The van der Waals surface area contributed by atoms with Crippen LogP contribution >= 0.6 is 0 Å². The van der Waals surface area contributed by atoms with Crippen molar-refractivity contribution in [3.63, 3.8) is 0 Å². The normalized spacial score (nSPS) is 11.7. The minimum absolute atomic E-state index is 0.640. The lowest BCUT2D eigenvalue weighted by molar-refractivity contribution is 0.673. The van der Waals surface area contributed by atoms with Crippen molar-refractivity contribution >= 4 is 65.0 Å². The van der Waals surface area contributed by atoms with Crippen LogP contribution in [0.4, 0.5) is 0 Å². The Morgan fingerprint density at radius 3 is 1.17 bits per heavy atom. The summed E-state index contributed by atoms with van der Waals surface area (Å²) in [6.07, 6.45) is 0. The molecule has 0 aliphatic rings. The van der Waals surface area contributed by atoms with E-state index in [2.05, 4.69) is 164 Å². The Hall–Kier alpha value is -8.73. The molecule has 0 aliphatic heterocycles. The van der Waals surface area contributed by atoms with Crippen molar-refractivity contribution in [2.24, 2.45) is 0 Å². The first-order valence-corrected chi connectivity index (χ1v) is 22.0. The van der Waals surface area contributed by atoms with E-state index in [1.165, 1.54) is 43.4 Å². The highest BCUT2D eigenvalue weighted by atomic mass is 16.3. The molecule has 13 rings (SSSR count). The summed E-state index contributed by atoms with van der Waals surface area (Å²) < 4.78 is 6.80. The zero-order valence-electron chi connectivity index (χ0n) is 35.1. The van der Waals surface area contributed by atoms with E-state index < -0.39 is 0 Å². The number of hydrogen-bond donors (Lipinski definition) is 0. The Balaban J connectivity index is 0.846. The summed E-state index contributed by atoms with van der Waals surface area (Å²) in [5.41, 5.74) is 11.5. The third-order valence-electron chi connectivity index (χ3n) is 12.9. The monoisotopic (exact) mass is 827 g/mol. The molecular formula is C61H37N3O. The van der Waals surface area contributed by atoms with Gasteiger partial charge in [-0.05, 0) is 95.3 Å². The van der Waals surface area contributed by atoms with Crippen LogP contribution in [0.3, 0.4) is 0 Å². The number of benzene rings is 11. The van der Waals surface area contributed by atoms with Crippen molar-refractivity contribution in [1.29, 1.82) is 0 Å². The molecule has 0 aliphatic carbocycles. The second kappa shape index (κ2) is 15.0. The molecular weight excluding hydrogens is 791 g/mol. The zero-order chi connectivity index (χ0) is 42.8. The van der Waals surface area contributed by atoms with E-state index in [4.69, 9.17) is 19.4 Å². The summed E-state index contributed by atoms with van der Waals surface area (Å²) in [6.45, 7) is 0. The molecule has 0 saturated carbocycles. The number of nitrogens with zero attached hydrogens (tertiary/aromatic N) is 3. The lowest BCUT2D eigenvalue weighted by Crippen LogP contribution is -2.00. The molecule has 0 bridgehead atoms. The van der Waals surface area contributed by atoms with Gasteiger partial charge in [-0.2, -0.15) is 0 Å². The zero-order valence-corrected chi connectivity index (χ0v) is 35.1. The molecule has 65 heavy (non-hydrogen) atoms. The summed E-state index contributed by atoms with van der Waals surface area (Å²) >= 11 is 0. The number of furan rings is 1. The SMILES string of the molecule is c1ccc(-c2nc(-c3ccccc3)nc(-c3ccc(-c4ccc(-c5cc6c7ccc(-c8ccc9c%10ccccc%10c%10ccccc%10c9c8)cc7oc6c6ccccc56)cc4)cc3)n2)cc1. The number of aromatic nitrogens is 3. The standard InChI is InChI=1S/C61H37N3O/c1-3-13-41(14-4-1)59-62-60(42-15-5-2-6-16-42)64-61(63-59)43-29-25-39(26-30-43)38-23-27-40(28-24-38)54-37-56-52-34-32-45(36-57(52)65-58(56)53-22-12-11-21-50(53)54)44-31-33-51-48-19-8-7-17-46(48)47-18-9-10-20-49(47)55(51)35-44/h1-37H. The molecule has 0 radical (unpaired) electrons. The van der Waals surface area contributed by atoms with Crippen LogP contribution in [0.15, 0.2) is 229 Å². The van der Waals surface area contributed by atoms with E-state index in [0.717, 1.165) is 71.7 Å². The number of hydrogen-bond acceptors (Lipinski definition) is 4. The van der Waals surface area contributed by atoms with Crippen molar-refractivity contribution < 1.29 is 4.42 Å². The molecule has 0 saturated heterocycles. The van der Waals surface area contributed by atoms with Gasteiger partial charge in [-0.3, -0.25) is 0 Å². The topological polar surface area (TPSA) is 51.8 Å². The summed E-state index contributed by atoms with van der Waals surface area (Å²) in [5.74, 6) is 1.94. The molecule has 13 aromatic rings. The van der Waals surface area contributed by atoms with Gasteiger partial charge in [0.1, 0.15) is 11.2 Å². The van der Waals surface area contributed by atoms with E-state index in [1.54, 1.807) is 0 Å². The van der Waals surface area contributed by atoms with Crippen molar-refractivity contribution in [2.45, 2.75) is 0 Å². The largest absolute Gasteiger partial charge is 0.455 e. The lowest BCUT2D eigenvalue weighted by Gasteiger charge is -2.12. The minimum Gasteiger partial charge on any atom is -0.455 e. The van der Waals surface area contributed by atoms with Crippen LogP contribution in [0.1, 0.15) is 0 Å². The quantitative estimate of drug-likeness (QED) is 0.157. The summed E-state index contributed by atoms with van der Waals surface area (Å²) in [4.78, 5) is 14.7. The fourth-order valence-electron chi connectivity index (χ4n) is 9.70. The maximum absolute atomic E-state index is 6.80. The van der Waals surface area contributed by atoms with Gasteiger partial charge in [0.05, 0.1) is 0 Å². The lowest BCUT2D eigenvalue weighted by atomic mass is 9.92. The third kappa shape index (κ3) is 6.26. The fourth-order valence-corrected chi connectivity index (χ4v) is 9.70. The van der Waals surface area contributed by atoms with Crippen LogP contribution in [0.5, 0.6) is 0 Å². The second-order valence-corrected chi connectivity index (χ2v) is 16.7. The Morgan fingerprint density at radius 1 is 0.231 bits per heavy atom. The summed E-state index contributed by atoms with van der Waals surface area (Å²) in [5, 5.41) is 12.1. The maximum atomic E-state index is 6.80. The highest BCUT2D eigenvalue weighted by molar-refractivity contribution is 6.26. The molecule has 0 amide bonds. The first kappa shape index (κ1) is 36.9. The molecule has 2 heterocycles. The summed E-state index contributed by atoms with van der Waals surface area (Å²) in [6, 6.07) is 79.4. The van der Waals surface area contributed by atoms with Crippen LogP contribution in [0.2, 0.25) is 0 Å². The van der Waals surface area contributed by atoms with Crippen LogP contribution in [-0.4, -0.2) is 15.0 Å². The Labute approximate surface area is 374 Å².